The van der Waals surface area contributed by atoms with E-state index in [-0.39, 0.29) is 18.4 Å². The number of carbonyl (C=O) groups is 2. The number of hydrogen-bond donors (Lipinski definition) is 2. The normalized spacial score (nSPS) is 14.4. The number of ether oxygens (including phenoxy) is 1. The van der Waals surface area contributed by atoms with Crippen LogP contribution < -0.4 is 15.4 Å². The van der Waals surface area contributed by atoms with Gasteiger partial charge in [0.05, 0.1) is 13.2 Å². The van der Waals surface area contributed by atoms with E-state index in [1.54, 1.807) is 12.1 Å². The third kappa shape index (κ3) is 6.51. The van der Waals surface area contributed by atoms with Crippen molar-refractivity contribution in [3.63, 3.8) is 0 Å². The molecular weight excluding hydrogens is 378 g/mol. The van der Waals surface area contributed by atoms with Crippen molar-refractivity contribution in [2.45, 2.75) is 39.0 Å². The second kappa shape index (κ2) is 11.2. The second-order valence-corrected chi connectivity index (χ2v) is 7.49. The third-order valence-corrected chi connectivity index (χ3v) is 5.22. The Morgan fingerprint density at radius 3 is 2.10 bits per heavy atom. The van der Waals surface area contributed by atoms with Crippen LogP contribution in [0.25, 0.3) is 0 Å². The highest BCUT2D eigenvalue weighted by molar-refractivity contribution is 6.04. The van der Waals surface area contributed by atoms with Gasteiger partial charge in [-0.25, -0.2) is 0 Å². The lowest BCUT2D eigenvalue weighted by atomic mass is 10.1. The van der Waals surface area contributed by atoms with Gasteiger partial charge in [0.15, 0.2) is 0 Å². The maximum absolute atomic E-state index is 12.5. The average molecular weight is 410 g/mol. The van der Waals surface area contributed by atoms with Crippen molar-refractivity contribution in [3.8, 4) is 5.75 Å². The van der Waals surface area contributed by atoms with Crippen molar-refractivity contribution in [1.29, 1.82) is 0 Å². The van der Waals surface area contributed by atoms with Crippen molar-refractivity contribution in [1.82, 2.24) is 4.90 Å². The summed E-state index contributed by atoms with van der Waals surface area (Å²) in [6.45, 7) is 4.52. The molecule has 3 rings (SSSR count). The van der Waals surface area contributed by atoms with Gasteiger partial charge in [-0.3, -0.25) is 9.59 Å². The van der Waals surface area contributed by atoms with Crippen LogP contribution in [0.1, 0.15) is 49.4 Å². The van der Waals surface area contributed by atoms with E-state index < -0.39 is 0 Å². The molecule has 6 nitrogen and oxygen atoms in total. The lowest BCUT2D eigenvalue weighted by molar-refractivity contribution is -0.129. The molecular formula is C24H31N3O3. The van der Waals surface area contributed by atoms with E-state index in [4.69, 9.17) is 4.74 Å². The van der Waals surface area contributed by atoms with Crippen LogP contribution in [0.2, 0.25) is 0 Å². The molecule has 0 saturated carbocycles. The maximum atomic E-state index is 12.5. The van der Waals surface area contributed by atoms with E-state index in [1.165, 1.54) is 19.3 Å². The molecule has 0 aromatic heterocycles. The molecule has 6 heteroatoms. The molecule has 1 heterocycles. The number of amides is 2. The Bertz CT molecular complexity index is 811. The Kier molecular flexibility index (Phi) is 8.12. The van der Waals surface area contributed by atoms with Crippen LogP contribution in [-0.2, 0) is 4.79 Å². The van der Waals surface area contributed by atoms with Crippen molar-refractivity contribution in [3.05, 3.63) is 54.1 Å². The van der Waals surface area contributed by atoms with E-state index in [9.17, 15) is 9.59 Å². The quantitative estimate of drug-likeness (QED) is 0.704. The molecule has 0 aliphatic carbocycles. The first-order valence-electron chi connectivity index (χ1n) is 10.8. The Balaban J connectivity index is 1.48. The summed E-state index contributed by atoms with van der Waals surface area (Å²) >= 11 is 0. The molecule has 160 valence electrons. The van der Waals surface area contributed by atoms with Crippen molar-refractivity contribution in [2.75, 3.05) is 36.9 Å². The summed E-state index contributed by atoms with van der Waals surface area (Å²) in [5.74, 6) is 0.729. The topological polar surface area (TPSA) is 70.7 Å². The summed E-state index contributed by atoms with van der Waals surface area (Å²) in [4.78, 5) is 26.9. The first-order valence-corrected chi connectivity index (χ1v) is 10.8. The monoisotopic (exact) mass is 409 g/mol. The van der Waals surface area contributed by atoms with E-state index in [0.717, 1.165) is 37.4 Å². The zero-order valence-electron chi connectivity index (χ0n) is 17.7. The highest BCUT2D eigenvalue weighted by Crippen LogP contribution is 2.17. The molecule has 0 atom stereocenters. The SMILES string of the molecule is CCOc1ccc(NC(=O)c2ccc(NCC(=O)N3CCCCCCC3)cc2)cc1. The van der Waals surface area contributed by atoms with Crippen molar-refractivity contribution < 1.29 is 14.3 Å². The first kappa shape index (κ1) is 21.7. The van der Waals surface area contributed by atoms with Gasteiger partial charge >= 0.3 is 0 Å². The van der Waals surface area contributed by atoms with Gasteiger partial charge in [-0.2, -0.15) is 0 Å². The number of nitrogens with zero attached hydrogens (tertiary/aromatic N) is 1. The van der Waals surface area contributed by atoms with Gasteiger partial charge in [0, 0.05) is 30.0 Å². The van der Waals surface area contributed by atoms with Gasteiger partial charge in [0.2, 0.25) is 5.91 Å². The van der Waals surface area contributed by atoms with Crippen molar-refractivity contribution >= 4 is 23.2 Å². The van der Waals surface area contributed by atoms with Gasteiger partial charge in [-0.15, -0.1) is 0 Å². The number of hydrogen-bond acceptors (Lipinski definition) is 4. The van der Waals surface area contributed by atoms with Crippen LogP contribution in [0.15, 0.2) is 48.5 Å². The predicted molar refractivity (Wildman–Crippen MR) is 120 cm³/mol. The van der Waals surface area contributed by atoms with Crippen LogP contribution in [-0.4, -0.2) is 43.0 Å². The molecule has 2 N–H and O–H groups in total. The zero-order chi connectivity index (χ0) is 21.2. The third-order valence-electron chi connectivity index (χ3n) is 5.22. The lowest BCUT2D eigenvalue weighted by Gasteiger charge is -2.25. The van der Waals surface area contributed by atoms with Crippen LogP contribution in [0.3, 0.4) is 0 Å². The van der Waals surface area contributed by atoms with Gasteiger partial charge in [-0.05, 0) is 68.3 Å². The fourth-order valence-corrected chi connectivity index (χ4v) is 3.53. The lowest BCUT2D eigenvalue weighted by Crippen LogP contribution is -2.37. The molecule has 2 amide bonds. The molecule has 1 fully saturated rings. The standard InChI is InChI=1S/C24H31N3O3/c1-2-30-22-14-12-21(13-15-22)26-24(29)19-8-10-20(11-9-19)25-18-23(28)27-16-6-4-3-5-7-17-27/h8-15,25H,2-7,16-18H2,1H3,(H,26,29). The fourth-order valence-electron chi connectivity index (χ4n) is 3.53. The van der Waals surface area contributed by atoms with E-state index in [2.05, 4.69) is 10.6 Å². The summed E-state index contributed by atoms with van der Waals surface area (Å²) in [6, 6.07) is 14.5. The van der Waals surface area contributed by atoms with Crippen LogP contribution in [0, 0.1) is 0 Å². The minimum Gasteiger partial charge on any atom is -0.494 e. The van der Waals surface area contributed by atoms with Gasteiger partial charge in [0.1, 0.15) is 5.75 Å². The van der Waals surface area contributed by atoms with Gasteiger partial charge in [0.25, 0.3) is 5.91 Å². The summed E-state index contributed by atoms with van der Waals surface area (Å²) in [5.41, 5.74) is 2.10. The number of anilines is 2. The molecule has 1 aliphatic heterocycles. The maximum Gasteiger partial charge on any atom is 0.255 e. The molecule has 1 aliphatic rings. The number of benzene rings is 2. The van der Waals surface area contributed by atoms with Gasteiger partial charge in [-0.1, -0.05) is 19.3 Å². The highest BCUT2D eigenvalue weighted by atomic mass is 16.5. The summed E-state index contributed by atoms with van der Waals surface area (Å²) in [5, 5.41) is 6.05. The summed E-state index contributed by atoms with van der Waals surface area (Å²) in [7, 11) is 0. The van der Waals surface area contributed by atoms with E-state index >= 15 is 0 Å². The first-order chi connectivity index (χ1) is 14.7. The largest absolute Gasteiger partial charge is 0.494 e. The van der Waals surface area contributed by atoms with Gasteiger partial charge < -0.3 is 20.3 Å². The smallest absolute Gasteiger partial charge is 0.255 e. The van der Waals surface area contributed by atoms with E-state index in [1.807, 2.05) is 48.2 Å². The summed E-state index contributed by atoms with van der Waals surface area (Å²) < 4.78 is 5.41. The Morgan fingerprint density at radius 2 is 1.47 bits per heavy atom. The molecule has 2 aromatic carbocycles. The molecule has 2 aromatic rings. The molecule has 1 saturated heterocycles. The fraction of sp³-hybridized carbons (Fsp3) is 0.417. The van der Waals surface area contributed by atoms with Crippen LogP contribution in [0.4, 0.5) is 11.4 Å². The minimum absolute atomic E-state index is 0.134. The molecule has 30 heavy (non-hydrogen) atoms. The number of nitrogens with one attached hydrogen (secondary N) is 2. The Hall–Kier alpha value is -3.02. The van der Waals surface area contributed by atoms with Crippen LogP contribution in [0.5, 0.6) is 5.75 Å². The highest BCUT2D eigenvalue weighted by Gasteiger charge is 2.14. The predicted octanol–water partition coefficient (Wildman–Crippen LogP) is 4.54. The number of rotatable bonds is 7. The average Bonchev–Trinajstić information content (AvgIpc) is 2.74. The van der Waals surface area contributed by atoms with E-state index in [0.29, 0.717) is 17.9 Å². The van der Waals surface area contributed by atoms with Crippen LogP contribution >= 0.6 is 0 Å². The Labute approximate surface area is 178 Å². The number of carbonyl (C=O) groups excluding carboxylic acids is 2. The molecule has 0 bridgehead atoms. The molecule has 0 unspecified atom stereocenters. The van der Waals surface area contributed by atoms with Crippen molar-refractivity contribution in [2.24, 2.45) is 0 Å². The molecule has 0 radical (unpaired) electrons. The summed E-state index contributed by atoms with van der Waals surface area (Å²) in [6.07, 6.45) is 5.86. The molecule has 0 spiro atoms. The second-order valence-electron chi connectivity index (χ2n) is 7.49. The minimum atomic E-state index is -0.178. The number of likely N-dealkylation sites (tertiary alicyclic amines) is 1. The Morgan fingerprint density at radius 1 is 0.867 bits per heavy atom. The zero-order valence-corrected chi connectivity index (χ0v) is 17.7.